The van der Waals surface area contributed by atoms with E-state index in [2.05, 4.69) is 16.5 Å². The van der Waals surface area contributed by atoms with Crippen molar-refractivity contribution in [1.29, 1.82) is 0 Å². The predicted octanol–water partition coefficient (Wildman–Crippen LogP) is 0.391. The van der Waals surface area contributed by atoms with Crippen molar-refractivity contribution in [2.24, 2.45) is 0 Å². The zero-order valence-electron chi connectivity index (χ0n) is 11.4. The molecule has 1 atom stereocenters. The van der Waals surface area contributed by atoms with E-state index in [4.69, 9.17) is 4.74 Å². The van der Waals surface area contributed by atoms with Gasteiger partial charge in [0, 0.05) is 19.6 Å². The zero-order valence-corrected chi connectivity index (χ0v) is 12.3. The summed E-state index contributed by atoms with van der Waals surface area (Å²) in [5, 5.41) is 9.60. The van der Waals surface area contributed by atoms with Gasteiger partial charge < -0.3 is 9.84 Å². The maximum Gasteiger partial charge on any atom is 0.244 e. The molecule has 112 valence electrons. The molecule has 6 nitrogen and oxygen atoms in total. The van der Waals surface area contributed by atoms with Crippen molar-refractivity contribution in [3.05, 3.63) is 24.3 Å². The van der Waals surface area contributed by atoms with Crippen LogP contribution in [0.1, 0.15) is 6.92 Å². The molecule has 7 heteroatoms. The number of rotatable bonds is 5. The molecule has 0 spiro atoms. The molecule has 1 aromatic rings. The van der Waals surface area contributed by atoms with Crippen molar-refractivity contribution in [2.75, 3.05) is 32.8 Å². The van der Waals surface area contributed by atoms with Crippen LogP contribution in [0.2, 0.25) is 0 Å². The summed E-state index contributed by atoms with van der Waals surface area (Å²) in [6.07, 6.45) is -0.163. The molecule has 0 amide bonds. The van der Waals surface area contributed by atoms with Crippen LogP contribution in [0.15, 0.2) is 29.2 Å². The first-order valence-electron chi connectivity index (χ1n) is 6.64. The second-order valence-electron chi connectivity index (χ2n) is 4.71. The van der Waals surface area contributed by atoms with E-state index >= 15 is 0 Å². The number of nitrogens with one attached hydrogen (secondary N) is 1. The number of ether oxygens (including phenoxy) is 1. The van der Waals surface area contributed by atoms with E-state index in [1.165, 1.54) is 12.1 Å². The Morgan fingerprint density at radius 3 is 2.90 bits per heavy atom. The average molecular weight is 300 g/mol. The standard InChI is InChI=1S/C13H20N2O4S/c1-2-15-7-8-19-11(10-15)9-14-20(17,18)13-6-4-3-5-12(13)16/h3-6,11,14,16H,2,7-10H2,1H3. The molecular weight excluding hydrogens is 280 g/mol. The number of nitrogens with zero attached hydrogens (tertiary/aromatic N) is 1. The lowest BCUT2D eigenvalue weighted by atomic mass is 10.3. The Hall–Kier alpha value is -1.15. The smallest absolute Gasteiger partial charge is 0.244 e. The molecule has 1 unspecified atom stereocenters. The molecule has 1 heterocycles. The highest BCUT2D eigenvalue weighted by Crippen LogP contribution is 2.21. The molecule has 1 aliphatic heterocycles. The Morgan fingerprint density at radius 1 is 1.45 bits per heavy atom. The van der Waals surface area contributed by atoms with Gasteiger partial charge in [0.15, 0.2) is 0 Å². The predicted molar refractivity (Wildman–Crippen MR) is 75.1 cm³/mol. The summed E-state index contributed by atoms with van der Waals surface area (Å²) in [6, 6.07) is 5.88. The van der Waals surface area contributed by atoms with Crippen molar-refractivity contribution in [3.63, 3.8) is 0 Å². The molecule has 0 aromatic heterocycles. The monoisotopic (exact) mass is 300 g/mol. The van der Waals surface area contributed by atoms with Crippen LogP contribution in [0.25, 0.3) is 0 Å². The number of para-hydroxylation sites is 1. The van der Waals surface area contributed by atoms with Crippen molar-refractivity contribution >= 4 is 10.0 Å². The molecule has 2 N–H and O–H groups in total. The number of phenols is 1. The second kappa shape index (κ2) is 6.53. The highest BCUT2D eigenvalue weighted by Gasteiger charge is 2.23. The summed E-state index contributed by atoms with van der Waals surface area (Å²) < 4.78 is 32.2. The summed E-state index contributed by atoms with van der Waals surface area (Å²) in [7, 11) is -3.71. The zero-order chi connectivity index (χ0) is 14.6. The van der Waals surface area contributed by atoms with Gasteiger partial charge in [-0.25, -0.2) is 13.1 Å². The molecule has 0 radical (unpaired) electrons. The molecule has 2 rings (SSSR count). The summed E-state index contributed by atoms with van der Waals surface area (Å²) in [6.45, 7) is 5.38. The van der Waals surface area contributed by atoms with Crippen LogP contribution in [-0.2, 0) is 14.8 Å². The molecule has 1 aliphatic rings. The third-order valence-electron chi connectivity index (χ3n) is 3.33. The highest BCUT2D eigenvalue weighted by atomic mass is 32.2. The molecule has 0 aliphatic carbocycles. The topological polar surface area (TPSA) is 78.9 Å². The maximum absolute atomic E-state index is 12.1. The van der Waals surface area contributed by atoms with Gasteiger partial charge in [-0.2, -0.15) is 0 Å². The Morgan fingerprint density at radius 2 is 2.20 bits per heavy atom. The van der Waals surface area contributed by atoms with Gasteiger partial charge in [-0.05, 0) is 18.7 Å². The van der Waals surface area contributed by atoms with E-state index in [1.807, 2.05) is 0 Å². The fourth-order valence-corrected chi connectivity index (χ4v) is 3.32. The van der Waals surface area contributed by atoms with E-state index in [1.54, 1.807) is 12.1 Å². The summed E-state index contributed by atoms with van der Waals surface area (Å²) in [5.74, 6) is -0.250. The lowest BCUT2D eigenvalue weighted by molar-refractivity contribution is -0.0229. The largest absolute Gasteiger partial charge is 0.507 e. The second-order valence-corrected chi connectivity index (χ2v) is 6.44. The maximum atomic E-state index is 12.1. The van der Waals surface area contributed by atoms with E-state index in [0.717, 1.165) is 13.1 Å². The Bertz CT molecular complexity index is 547. The molecule has 1 saturated heterocycles. The van der Waals surface area contributed by atoms with Crippen LogP contribution in [0.5, 0.6) is 5.75 Å². The first kappa shape index (κ1) is 15.2. The molecule has 1 fully saturated rings. The number of morpholine rings is 1. The molecule has 20 heavy (non-hydrogen) atoms. The van der Waals surface area contributed by atoms with E-state index in [-0.39, 0.29) is 23.3 Å². The number of phenolic OH excluding ortho intramolecular Hbond substituents is 1. The summed E-state index contributed by atoms with van der Waals surface area (Å²) in [4.78, 5) is 2.10. The lowest BCUT2D eigenvalue weighted by Crippen LogP contribution is -2.47. The Labute approximate surface area is 119 Å². The van der Waals surface area contributed by atoms with Gasteiger partial charge in [-0.15, -0.1) is 0 Å². The van der Waals surface area contributed by atoms with Gasteiger partial charge in [0.1, 0.15) is 10.6 Å². The highest BCUT2D eigenvalue weighted by molar-refractivity contribution is 7.89. The molecular formula is C13H20N2O4S. The van der Waals surface area contributed by atoms with E-state index in [0.29, 0.717) is 13.2 Å². The van der Waals surface area contributed by atoms with Gasteiger partial charge in [0.2, 0.25) is 10.0 Å². The number of hydrogen-bond donors (Lipinski definition) is 2. The quantitative estimate of drug-likeness (QED) is 0.822. The van der Waals surface area contributed by atoms with E-state index in [9.17, 15) is 13.5 Å². The van der Waals surface area contributed by atoms with Gasteiger partial charge in [-0.3, -0.25) is 4.90 Å². The van der Waals surface area contributed by atoms with Crippen LogP contribution in [0.3, 0.4) is 0 Å². The first-order chi connectivity index (χ1) is 9.53. The summed E-state index contributed by atoms with van der Waals surface area (Å²) in [5.41, 5.74) is 0. The molecule has 0 bridgehead atoms. The number of benzene rings is 1. The summed E-state index contributed by atoms with van der Waals surface area (Å²) >= 11 is 0. The van der Waals surface area contributed by atoms with Crippen LogP contribution in [0.4, 0.5) is 0 Å². The van der Waals surface area contributed by atoms with Crippen LogP contribution in [-0.4, -0.2) is 57.3 Å². The van der Waals surface area contributed by atoms with Gasteiger partial charge in [0.25, 0.3) is 0 Å². The minimum Gasteiger partial charge on any atom is -0.507 e. The van der Waals surface area contributed by atoms with Crippen LogP contribution < -0.4 is 4.72 Å². The van der Waals surface area contributed by atoms with Crippen molar-refractivity contribution < 1.29 is 18.3 Å². The molecule has 1 aromatic carbocycles. The normalized spacial score (nSPS) is 20.9. The number of sulfonamides is 1. The molecule has 0 saturated carbocycles. The number of hydrogen-bond acceptors (Lipinski definition) is 5. The van der Waals surface area contributed by atoms with E-state index < -0.39 is 10.0 Å². The first-order valence-corrected chi connectivity index (χ1v) is 8.13. The van der Waals surface area contributed by atoms with Crippen LogP contribution >= 0.6 is 0 Å². The minimum absolute atomic E-state index is 0.108. The fraction of sp³-hybridized carbons (Fsp3) is 0.538. The SMILES string of the molecule is CCN1CCOC(CNS(=O)(=O)c2ccccc2O)C1. The number of likely N-dealkylation sites (N-methyl/N-ethyl adjacent to an activating group) is 1. The average Bonchev–Trinajstić information content (AvgIpc) is 2.46. The Balaban J connectivity index is 1.98. The third kappa shape index (κ3) is 3.69. The fourth-order valence-electron chi connectivity index (χ4n) is 2.16. The Kier molecular flexibility index (Phi) is 4.98. The van der Waals surface area contributed by atoms with Gasteiger partial charge >= 0.3 is 0 Å². The van der Waals surface area contributed by atoms with Gasteiger partial charge in [-0.1, -0.05) is 19.1 Å². The van der Waals surface area contributed by atoms with Crippen molar-refractivity contribution in [2.45, 2.75) is 17.9 Å². The van der Waals surface area contributed by atoms with Crippen molar-refractivity contribution in [1.82, 2.24) is 9.62 Å². The lowest BCUT2D eigenvalue weighted by Gasteiger charge is -2.32. The number of aromatic hydroxyl groups is 1. The third-order valence-corrected chi connectivity index (χ3v) is 4.80. The minimum atomic E-state index is -3.71. The van der Waals surface area contributed by atoms with Crippen LogP contribution in [0, 0.1) is 0 Å². The van der Waals surface area contributed by atoms with Crippen molar-refractivity contribution in [3.8, 4) is 5.75 Å². The van der Waals surface area contributed by atoms with Gasteiger partial charge in [0.05, 0.1) is 12.7 Å².